The summed E-state index contributed by atoms with van der Waals surface area (Å²) >= 11 is 3.94. The van der Waals surface area contributed by atoms with Gasteiger partial charge in [0.05, 0.1) is 6.04 Å². The molecule has 1 fully saturated rings. The third kappa shape index (κ3) is 7.50. The molecule has 0 aliphatic carbocycles. The van der Waals surface area contributed by atoms with E-state index in [0.29, 0.717) is 6.42 Å². The van der Waals surface area contributed by atoms with Gasteiger partial charge in [-0.15, -0.1) is 0 Å². The number of carboxylic acids is 1. The average Bonchev–Trinajstić information content (AvgIpc) is 3.21. The van der Waals surface area contributed by atoms with Gasteiger partial charge in [-0.1, -0.05) is 34.1 Å². The fourth-order valence-corrected chi connectivity index (χ4v) is 3.34. The Morgan fingerprint density at radius 2 is 1.69 bits per heavy atom. The predicted molar refractivity (Wildman–Crippen MR) is 113 cm³/mol. The van der Waals surface area contributed by atoms with Crippen molar-refractivity contribution in [2.45, 2.75) is 71.1 Å². The van der Waals surface area contributed by atoms with Gasteiger partial charge >= 0.3 is 5.97 Å². The summed E-state index contributed by atoms with van der Waals surface area (Å²) in [6.07, 6.45) is 2.29. The normalized spacial score (nSPS) is 20.4. The van der Waals surface area contributed by atoms with Crippen LogP contribution in [0.4, 0.5) is 0 Å². The molecular weight excluding hydrogens is 396 g/mol. The van der Waals surface area contributed by atoms with Gasteiger partial charge in [-0.25, -0.2) is 4.79 Å². The molecule has 1 aliphatic heterocycles. The Morgan fingerprint density at radius 1 is 1.07 bits per heavy atom. The van der Waals surface area contributed by atoms with Crippen LogP contribution in [-0.4, -0.2) is 65.3 Å². The molecule has 5 unspecified atom stereocenters. The molecule has 1 rings (SSSR count). The van der Waals surface area contributed by atoms with Gasteiger partial charge in [0.1, 0.15) is 18.1 Å². The SMILES string of the molecule is CCC(C)C(NC(=O)C1CCCN1)C(=O)NC(C(=O)NC(CS)C(=O)O)C(C)C. The molecule has 0 aromatic carbocycles. The lowest BCUT2D eigenvalue weighted by molar-refractivity contribution is -0.142. The number of carbonyl (C=O) groups is 4. The molecule has 1 saturated heterocycles. The van der Waals surface area contributed by atoms with E-state index in [9.17, 15) is 19.2 Å². The summed E-state index contributed by atoms with van der Waals surface area (Å²) in [4.78, 5) is 49.2. The van der Waals surface area contributed by atoms with Gasteiger partial charge in [-0.05, 0) is 31.2 Å². The molecular formula is C19H34N4O5S. The summed E-state index contributed by atoms with van der Waals surface area (Å²) in [6, 6.07) is -3.19. The van der Waals surface area contributed by atoms with E-state index < -0.39 is 35.9 Å². The largest absolute Gasteiger partial charge is 0.480 e. The molecule has 1 heterocycles. The Balaban J connectivity index is 2.87. The monoisotopic (exact) mass is 430 g/mol. The molecule has 166 valence electrons. The van der Waals surface area contributed by atoms with Gasteiger partial charge in [-0.2, -0.15) is 12.6 Å². The number of rotatable bonds is 11. The molecule has 0 aromatic heterocycles. The highest BCUT2D eigenvalue weighted by Gasteiger charge is 2.34. The smallest absolute Gasteiger partial charge is 0.327 e. The van der Waals surface area contributed by atoms with Crippen LogP contribution in [0.2, 0.25) is 0 Å². The topological polar surface area (TPSA) is 137 Å². The van der Waals surface area contributed by atoms with E-state index in [1.807, 2.05) is 13.8 Å². The summed E-state index contributed by atoms with van der Waals surface area (Å²) < 4.78 is 0. The minimum atomic E-state index is -1.20. The van der Waals surface area contributed by atoms with E-state index in [2.05, 4.69) is 33.9 Å². The van der Waals surface area contributed by atoms with Crippen molar-refractivity contribution in [3.05, 3.63) is 0 Å². The number of carbonyl (C=O) groups excluding carboxylic acids is 3. The Kier molecular flexibility index (Phi) is 10.5. The predicted octanol–water partition coefficient (Wildman–Crippen LogP) is -0.0907. The zero-order valence-electron chi connectivity index (χ0n) is 17.5. The Bertz CT molecular complexity index is 595. The van der Waals surface area contributed by atoms with E-state index in [-0.39, 0.29) is 29.5 Å². The molecule has 5 N–H and O–H groups in total. The van der Waals surface area contributed by atoms with Crippen molar-refractivity contribution in [1.29, 1.82) is 0 Å². The van der Waals surface area contributed by atoms with Gasteiger partial charge in [0.25, 0.3) is 0 Å². The summed E-state index contributed by atoms with van der Waals surface area (Å²) in [5.41, 5.74) is 0. The third-order valence-corrected chi connectivity index (χ3v) is 5.58. The second-order valence-corrected chi connectivity index (χ2v) is 8.20. The lowest BCUT2D eigenvalue weighted by Crippen LogP contribution is -2.59. The molecule has 29 heavy (non-hydrogen) atoms. The summed E-state index contributed by atoms with van der Waals surface area (Å²) in [5, 5.41) is 20.1. The first-order valence-corrected chi connectivity index (χ1v) is 10.7. The van der Waals surface area contributed by atoms with Crippen LogP contribution >= 0.6 is 12.6 Å². The average molecular weight is 431 g/mol. The molecule has 9 nitrogen and oxygen atoms in total. The molecule has 0 spiro atoms. The van der Waals surface area contributed by atoms with Gasteiger partial charge in [0.2, 0.25) is 17.7 Å². The highest BCUT2D eigenvalue weighted by Crippen LogP contribution is 2.12. The quantitative estimate of drug-likeness (QED) is 0.254. The van der Waals surface area contributed by atoms with E-state index in [4.69, 9.17) is 5.11 Å². The van der Waals surface area contributed by atoms with Crippen molar-refractivity contribution in [2.75, 3.05) is 12.3 Å². The Morgan fingerprint density at radius 3 is 2.14 bits per heavy atom. The first kappa shape index (κ1) is 25.2. The van der Waals surface area contributed by atoms with Crippen molar-refractivity contribution in [3.8, 4) is 0 Å². The first-order chi connectivity index (χ1) is 13.6. The van der Waals surface area contributed by atoms with E-state index in [1.165, 1.54) is 0 Å². The zero-order valence-corrected chi connectivity index (χ0v) is 18.4. The van der Waals surface area contributed by atoms with Gasteiger partial charge < -0.3 is 26.4 Å². The number of hydrogen-bond donors (Lipinski definition) is 6. The maximum atomic E-state index is 12.9. The molecule has 10 heteroatoms. The van der Waals surface area contributed by atoms with Crippen LogP contribution in [0.25, 0.3) is 0 Å². The van der Waals surface area contributed by atoms with Crippen LogP contribution in [0.15, 0.2) is 0 Å². The van der Waals surface area contributed by atoms with Crippen LogP contribution < -0.4 is 21.3 Å². The van der Waals surface area contributed by atoms with Gasteiger partial charge in [0.15, 0.2) is 0 Å². The van der Waals surface area contributed by atoms with E-state index >= 15 is 0 Å². The van der Waals surface area contributed by atoms with Crippen molar-refractivity contribution >= 4 is 36.3 Å². The second-order valence-electron chi connectivity index (χ2n) is 7.83. The van der Waals surface area contributed by atoms with E-state index in [1.54, 1.807) is 13.8 Å². The van der Waals surface area contributed by atoms with Crippen molar-refractivity contribution in [1.82, 2.24) is 21.3 Å². The lowest BCUT2D eigenvalue weighted by atomic mass is 9.96. The summed E-state index contributed by atoms with van der Waals surface area (Å²) in [5.74, 6) is -2.97. The van der Waals surface area contributed by atoms with Crippen LogP contribution in [-0.2, 0) is 19.2 Å². The number of carboxylic acid groups (broad SMARTS) is 1. The number of hydrogen-bond acceptors (Lipinski definition) is 6. The van der Waals surface area contributed by atoms with Crippen LogP contribution in [0, 0.1) is 11.8 Å². The van der Waals surface area contributed by atoms with Crippen LogP contribution in [0.5, 0.6) is 0 Å². The molecule has 0 bridgehead atoms. The maximum Gasteiger partial charge on any atom is 0.327 e. The van der Waals surface area contributed by atoms with Crippen molar-refractivity contribution in [2.24, 2.45) is 11.8 Å². The van der Waals surface area contributed by atoms with Gasteiger partial charge in [-0.3, -0.25) is 14.4 Å². The van der Waals surface area contributed by atoms with E-state index in [0.717, 1.165) is 19.4 Å². The van der Waals surface area contributed by atoms with Crippen LogP contribution in [0.3, 0.4) is 0 Å². The minimum Gasteiger partial charge on any atom is -0.480 e. The second kappa shape index (κ2) is 12.0. The Labute approximate surface area is 177 Å². The molecule has 5 atom stereocenters. The third-order valence-electron chi connectivity index (χ3n) is 5.21. The van der Waals surface area contributed by atoms with Crippen molar-refractivity contribution < 1.29 is 24.3 Å². The Hall–Kier alpha value is -1.81. The fourth-order valence-electron chi connectivity index (χ4n) is 3.09. The van der Waals surface area contributed by atoms with Crippen molar-refractivity contribution in [3.63, 3.8) is 0 Å². The molecule has 0 radical (unpaired) electrons. The highest BCUT2D eigenvalue weighted by atomic mass is 32.1. The number of thiol groups is 1. The first-order valence-electron chi connectivity index (χ1n) is 10.1. The zero-order chi connectivity index (χ0) is 22.1. The summed E-state index contributed by atoms with van der Waals surface area (Å²) in [7, 11) is 0. The lowest BCUT2D eigenvalue weighted by Gasteiger charge is -2.29. The number of nitrogens with one attached hydrogen (secondary N) is 4. The fraction of sp³-hybridized carbons (Fsp3) is 0.789. The standard InChI is InChI=1S/C19H34N4O5S/c1-5-11(4)15(23-16(24)12-7-6-8-20-12)18(26)22-14(10(2)3)17(25)21-13(9-29)19(27)28/h10-15,20,29H,5-9H2,1-4H3,(H,21,25)(H,22,26)(H,23,24)(H,27,28). The number of aliphatic carboxylic acids is 1. The molecule has 3 amide bonds. The van der Waals surface area contributed by atoms with Crippen LogP contribution in [0.1, 0.15) is 47.0 Å². The molecule has 0 saturated carbocycles. The van der Waals surface area contributed by atoms with Gasteiger partial charge in [0, 0.05) is 5.75 Å². The maximum absolute atomic E-state index is 12.9. The molecule has 1 aliphatic rings. The summed E-state index contributed by atoms with van der Waals surface area (Å²) in [6.45, 7) is 8.05. The highest BCUT2D eigenvalue weighted by molar-refractivity contribution is 7.80. The number of amides is 3. The molecule has 0 aromatic rings. The minimum absolute atomic E-state index is 0.0697.